The van der Waals surface area contributed by atoms with Crippen molar-refractivity contribution in [3.05, 3.63) is 0 Å². The van der Waals surface area contributed by atoms with E-state index >= 15 is 0 Å². The third-order valence-electron chi connectivity index (χ3n) is 6.43. The van der Waals surface area contributed by atoms with Gasteiger partial charge in [-0.3, -0.25) is 14.4 Å². The number of carboxylic acid groups (broad SMARTS) is 1. The van der Waals surface area contributed by atoms with Crippen LogP contribution in [-0.4, -0.2) is 36.2 Å². The molecule has 0 amide bonds. The second-order valence-corrected chi connectivity index (χ2v) is 8.86. The number of esters is 2. The molecule has 6 heteroatoms. The van der Waals surface area contributed by atoms with E-state index in [9.17, 15) is 14.4 Å². The SMILES string of the molecule is CC1CCC1(C(=O)OCCOC(=O)C1CCCC(C(=O)O)C1)C(C)(C)C. The maximum atomic E-state index is 12.6. The molecule has 0 radical (unpaired) electrons. The number of aliphatic carboxylic acids is 1. The van der Waals surface area contributed by atoms with E-state index in [0.717, 1.165) is 19.3 Å². The van der Waals surface area contributed by atoms with Crippen molar-refractivity contribution in [1.82, 2.24) is 0 Å². The lowest BCUT2D eigenvalue weighted by molar-refractivity contribution is -0.184. The number of rotatable bonds is 6. The van der Waals surface area contributed by atoms with Crippen molar-refractivity contribution < 1.29 is 29.0 Å². The Bertz CT molecular complexity index is 549. The zero-order chi connectivity index (χ0) is 19.5. The molecule has 4 atom stereocenters. The fourth-order valence-electron chi connectivity index (χ4n) is 4.60. The molecular weight excluding hydrogens is 336 g/mol. The van der Waals surface area contributed by atoms with E-state index in [4.69, 9.17) is 14.6 Å². The van der Waals surface area contributed by atoms with Gasteiger partial charge in [-0.15, -0.1) is 0 Å². The highest BCUT2D eigenvalue weighted by atomic mass is 16.6. The van der Waals surface area contributed by atoms with Crippen LogP contribution in [0.25, 0.3) is 0 Å². The van der Waals surface area contributed by atoms with Gasteiger partial charge in [-0.05, 0) is 43.4 Å². The number of hydrogen-bond donors (Lipinski definition) is 1. The molecule has 1 N–H and O–H groups in total. The molecular formula is C20H32O6. The maximum absolute atomic E-state index is 12.6. The molecule has 0 aliphatic heterocycles. The average Bonchev–Trinajstić information content (AvgIpc) is 2.56. The molecule has 0 saturated heterocycles. The van der Waals surface area contributed by atoms with Gasteiger partial charge in [0.1, 0.15) is 13.2 Å². The maximum Gasteiger partial charge on any atom is 0.312 e. The molecule has 0 bridgehead atoms. The summed E-state index contributed by atoms with van der Waals surface area (Å²) in [5.41, 5.74) is -0.637. The van der Waals surface area contributed by atoms with E-state index < -0.39 is 17.3 Å². The minimum absolute atomic E-state index is 0.0212. The fourth-order valence-corrected chi connectivity index (χ4v) is 4.60. The van der Waals surface area contributed by atoms with Crippen molar-refractivity contribution in [2.75, 3.05) is 13.2 Å². The second kappa shape index (κ2) is 7.97. The van der Waals surface area contributed by atoms with Crippen LogP contribution >= 0.6 is 0 Å². The summed E-state index contributed by atoms with van der Waals surface area (Å²) in [5.74, 6) is -1.98. The molecule has 0 heterocycles. The first-order valence-electron chi connectivity index (χ1n) is 9.66. The molecule has 4 unspecified atom stereocenters. The summed E-state index contributed by atoms with van der Waals surface area (Å²) in [4.78, 5) is 35.9. The summed E-state index contributed by atoms with van der Waals surface area (Å²) in [6, 6.07) is 0. The predicted octanol–water partition coefficient (Wildman–Crippen LogP) is 3.43. The van der Waals surface area contributed by atoms with Gasteiger partial charge in [-0.2, -0.15) is 0 Å². The van der Waals surface area contributed by atoms with Gasteiger partial charge in [0.2, 0.25) is 0 Å². The lowest BCUT2D eigenvalue weighted by Crippen LogP contribution is -2.55. The van der Waals surface area contributed by atoms with Gasteiger partial charge < -0.3 is 14.6 Å². The highest BCUT2D eigenvalue weighted by Crippen LogP contribution is 2.58. The van der Waals surface area contributed by atoms with Gasteiger partial charge in [0.05, 0.1) is 17.3 Å². The van der Waals surface area contributed by atoms with E-state index in [-0.39, 0.29) is 42.4 Å². The van der Waals surface area contributed by atoms with Gasteiger partial charge in [-0.1, -0.05) is 34.1 Å². The highest BCUT2D eigenvalue weighted by Gasteiger charge is 2.58. The summed E-state index contributed by atoms with van der Waals surface area (Å²) in [6.45, 7) is 8.33. The van der Waals surface area contributed by atoms with Crippen LogP contribution in [0.1, 0.15) is 66.2 Å². The van der Waals surface area contributed by atoms with Gasteiger partial charge >= 0.3 is 17.9 Å². The first kappa shape index (κ1) is 20.7. The van der Waals surface area contributed by atoms with Crippen LogP contribution in [0, 0.1) is 28.6 Å². The number of carboxylic acids is 1. The second-order valence-electron chi connectivity index (χ2n) is 8.86. The van der Waals surface area contributed by atoms with Crippen LogP contribution in [-0.2, 0) is 23.9 Å². The lowest BCUT2D eigenvalue weighted by Gasteiger charge is -2.54. The molecule has 2 saturated carbocycles. The van der Waals surface area contributed by atoms with Crippen molar-refractivity contribution >= 4 is 17.9 Å². The molecule has 6 nitrogen and oxygen atoms in total. The zero-order valence-corrected chi connectivity index (χ0v) is 16.4. The first-order chi connectivity index (χ1) is 12.1. The van der Waals surface area contributed by atoms with Crippen molar-refractivity contribution in [2.45, 2.75) is 66.2 Å². The first-order valence-corrected chi connectivity index (χ1v) is 9.66. The fraction of sp³-hybridized carbons (Fsp3) is 0.850. The highest BCUT2D eigenvalue weighted by molar-refractivity contribution is 5.79. The van der Waals surface area contributed by atoms with Crippen molar-refractivity contribution in [3.63, 3.8) is 0 Å². The minimum Gasteiger partial charge on any atom is -0.481 e. The van der Waals surface area contributed by atoms with Crippen molar-refractivity contribution in [2.24, 2.45) is 28.6 Å². The molecule has 0 spiro atoms. The molecule has 0 aromatic heterocycles. The topological polar surface area (TPSA) is 89.9 Å². The Morgan fingerprint density at radius 3 is 2.15 bits per heavy atom. The van der Waals surface area contributed by atoms with E-state index in [1.807, 2.05) is 0 Å². The molecule has 0 aromatic carbocycles. The third kappa shape index (κ3) is 4.04. The predicted molar refractivity (Wildman–Crippen MR) is 95.3 cm³/mol. The summed E-state index contributed by atoms with van der Waals surface area (Å²) >= 11 is 0. The van der Waals surface area contributed by atoms with Crippen LogP contribution in [0.3, 0.4) is 0 Å². The van der Waals surface area contributed by atoms with Crippen molar-refractivity contribution in [1.29, 1.82) is 0 Å². The van der Waals surface area contributed by atoms with Gasteiger partial charge in [0, 0.05) is 0 Å². The number of hydrogen-bond acceptors (Lipinski definition) is 5. The van der Waals surface area contributed by atoms with Crippen molar-refractivity contribution in [3.8, 4) is 0 Å². The summed E-state index contributed by atoms with van der Waals surface area (Å²) < 4.78 is 10.7. The molecule has 2 aliphatic carbocycles. The largest absolute Gasteiger partial charge is 0.481 e. The number of ether oxygens (including phenoxy) is 2. The Labute approximate surface area is 155 Å². The monoisotopic (exact) mass is 368 g/mol. The van der Waals surface area contributed by atoms with Gasteiger partial charge in [0.25, 0.3) is 0 Å². The minimum atomic E-state index is -0.849. The Kier molecular flexibility index (Phi) is 6.35. The summed E-state index contributed by atoms with van der Waals surface area (Å²) in [6.07, 6.45) is 4.18. The summed E-state index contributed by atoms with van der Waals surface area (Å²) in [5, 5.41) is 9.10. The molecule has 26 heavy (non-hydrogen) atoms. The van der Waals surface area contributed by atoms with Crippen LogP contribution in [0.5, 0.6) is 0 Å². The van der Waals surface area contributed by atoms with E-state index in [1.165, 1.54) is 0 Å². The van der Waals surface area contributed by atoms with Gasteiger partial charge in [-0.25, -0.2) is 0 Å². The normalized spacial score (nSPS) is 31.6. The van der Waals surface area contributed by atoms with Crippen LogP contribution in [0.4, 0.5) is 0 Å². The molecule has 2 rings (SSSR count). The third-order valence-corrected chi connectivity index (χ3v) is 6.43. The Morgan fingerprint density at radius 1 is 1.04 bits per heavy atom. The molecule has 2 fully saturated rings. The number of carbonyl (C=O) groups excluding carboxylic acids is 2. The van der Waals surface area contributed by atoms with E-state index in [0.29, 0.717) is 19.3 Å². The standard InChI is InChI=1S/C20H32O6/c1-13-8-9-20(13,19(2,3)4)18(24)26-11-10-25-17(23)15-7-5-6-14(12-15)16(21)22/h13-15H,5-12H2,1-4H3,(H,21,22). The Hall–Kier alpha value is -1.59. The Morgan fingerprint density at radius 2 is 1.65 bits per heavy atom. The Balaban J connectivity index is 1.77. The smallest absolute Gasteiger partial charge is 0.312 e. The molecule has 2 aliphatic rings. The van der Waals surface area contributed by atoms with E-state index in [2.05, 4.69) is 27.7 Å². The quantitative estimate of drug-likeness (QED) is 0.571. The van der Waals surface area contributed by atoms with Crippen LogP contribution in [0.2, 0.25) is 0 Å². The van der Waals surface area contributed by atoms with Gasteiger partial charge in [0.15, 0.2) is 0 Å². The van der Waals surface area contributed by atoms with Crippen LogP contribution < -0.4 is 0 Å². The average molecular weight is 368 g/mol. The molecule has 148 valence electrons. The van der Waals surface area contributed by atoms with E-state index in [1.54, 1.807) is 0 Å². The van der Waals surface area contributed by atoms with Crippen LogP contribution in [0.15, 0.2) is 0 Å². The summed E-state index contributed by atoms with van der Waals surface area (Å²) in [7, 11) is 0. The lowest BCUT2D eigenvalue weighted by atomic mass is 9.49. The molecule has 0 aromatic rings. The number of carbonyl (C=O) groups is 3. The zero-order valence-electron chi connectivity index (χ0n) is 16.4.